The van der Waals surface area contributed by atoms with E-state index in [4.69, 9.17) is 4.74 Å². The molecule has 3 rings (SSSR count). The van der Waals surface area contributed by atoms with Crippen molar-refractivity contribution < 1.29 is 22.6 Å². The maximum atomic E-state index is 12.2. The second-order valence-corrected chi connectivity index (χ2v) is 7.64. The van der Waals surface area contributed by atoms with Crippen molar-refractivity contribution >= 4 is 11.3 Å². The van der Waals surface area contributed by atoms with Gasteiger partial charge in [-0.15, -0.1) is 24.5 Å². The standard InChI is InChI=1S/C18H21F3N2O2S/c1-12-17(26-13(2)22-12)11-23-9-7-15(8-10-23)24-14-3-5-16(6-4-14)25-18(19,20)21/h3-6,15H,7-11H2,1-2H3. The topological polar surface area (TPSA) is 34.6 Å². The number of rotatable bonds is 5. The number of benzene rings is 1. The van der Waals surface area contributed by atoms with Gasteiger partial charge in [0.05, 0.1) is 10.7 Å². The van der Waals surface area contributed by atoms with Crippen molar-refractivity contribution in [2.45, 2.75) is 45.7 Å². The van der Waals surface area contributed by atoms with Gasteiger partial charge in [0, 0.05) is 24.5 Å². The summed E-state index contributed by atoms with van der Waals surface area (Å²) in [5, 5.41) is 1.09. The molecule has 8 heteroatoms. The Morgan fingerprint density at radius 3 is 2.27 bits per heavy atom. The molecular weight excluding hydrogens is 365 g/mol. The van der Waals surface area contributed by atoms with Crippen LogP contribution in [0.5, 0.6) is 11.5 Å². The highest BCUT2D eigenvalue weighted by molar-refractivity contribution is 7.11. The molecule has 0 atom stereocenters. The second kappa shape index (κ2) is 7.84. The minimum Gasteiger partial charge on any atom is -0.490 e. The van der Waals surface area contributed by atoms with E-state index < -0.39 is 6.36 Å². The molecule has 142 valence electrons. The third kappa shape index (κ3) is 5.35. The van der Waals surface area contributed by atoms with Crippen molar-refractivity contribution in [3.05, 3.63) is 39.8 Å². The molecule has 0 saturated carbocycles. The third-order valence-electron chi connectivity index (χ3n) is 4.26. The maximum Gasteiger partial charge on any atom is 0.573 e. The van der Waals surface area contributed by atoms with E-state index in [0.29, 0.717) is 5.75 Å². The Morgan fingerprint density at radius 1 is 1.12 bits per heavy atom. The number of halogens is 3. The normalized spacial score (nSPS) is 16.7. The molecule has 4 nitrogen and oxygen atoms in total. The molecule has 2 heterocycles. The molecule has 1 aromatic heterocycles. The van der Waals surface area contributed by atoms with Gasteiger partial charge in [0.2, 0.25) is 0 Å². The van der Waals surface area contributed by atoms with Gasteiger partial charge < -0.3 is 9.47 Å². The lowest BCUT2D eigenvalue weighted by atomic mass is 10.1. The van der Waals surface area contributed by atoms with Crippen LogP contribution in [-0.2, 0) is 6.54 Å². The highest BCUT2D eigenvalue weighted by atomic mass is 32.1. The first-order valence-electron chi connectivity index (χ1n) is 8.46. The van der Waals surface area contributed by atoms with E-state index in [1.807, 2.05) is 13.8 Å². The molecule has 1 aromatic carbocycles. The number of hydrogen-bond donors (Lipinski definition) is 0. The van der Waals surface area contributed by atoms with E-state index in [2.05, 4.69) is 14.6 Å². The second-order valence-electron chi connectivity index (χ2n) is 6.35. The molecule has 1 aliphatic heterocycles. The average Bonchev–Trinajstić information content (AvgIpc) is 2.87. The average molecular weight is 386 g/mol. The Labute approximate surface area is 154 Å². The lowest BCUT2D eigenvalue weighted by molar-refractivity contribution is -0.274. The lowest BCUT2D eigenvalue weighted by Crippen LogP contribution is -2.37. The van der Waals surface area contributed by atoms with Crippen molar-refractivity contribution in [2.24, 2.45) is 0 Å². The van der Waals surface area contributed by atoms with Gasteiger partial charge in [0.15, 0.2) is 0 Å². The van der Waals surface area contributed by atoms with Crippen molar-refractivity contribution in [1.29, 1.82) is 0 Å². The summed E-state index contributed by atoms with van der Waals surface area (Å²) in [5.41, 5.74) is 1.10. The molecule has 1 aliphatic rings. The number of aromatic nitrogens is 1. The number of aryl methyl sites for hydroxylation is 2. The number of likely N-dealkylation sites (tertiary alicyclic amines) is 1. The quantitative estimate of drug-likeness (QED) is 0.746. The van der Waals surface area contributed by atoms with Crippen LogP contribution in [0.2, 0.25) is 0 Å². The highest BCUT2D eigenvalue weighted by Gasteiger charge is 2.31. The SMILES string of the molecule is Cc1nc(C)c(CN2CCC(Oc3ccc(OC(F)(F)F)cc3)CC2)s1. The Balaban J connectivity index is 1.47. The van der Waals surface area contributed by atoms with Gasteiger partial charge in [-0.1, -0.05) is 0 Å². The summed E-state index contributed by atoms with van der Waals surface area (Å²) in [5.74, 6) is 0.321. The summed E-state index contributed by atoms with van der Waals surface area (Å²) in [4.78, 5) is 8.16. The third-order valence-corrected chi connectivity index (χ3v) is 5.32. The predicted octanol–water partition coefficient (Wildman–Crippen LogP) is 4.70. The Morgan fingerprint density at radius 2 is 1.73 bits per heavy atom. The van der Waals surface area contributed by atoms with E-state index >= 15 is 0 Å². The van der Waals surface area contributed by atoms with Crippen LogP contribution in [0, 0.1) is 13.8 Å². The molecule has 2 aromatic rings. The van der Waals surface area contributed by atoms with Crippen LogP contribution in [-0.4, -0.2) is 35.4 Å². The first-order valence-corrected chi connectivity index (χ1v) is 9.28. The number of alkyl halides is 3. The smallest absolute Gasteiger partial charge is 0.490 e. The van der Waals surface area contributed by atoms with Crippen molar-refractivity contribution in [3.63, 3.8) is 0 Å². The molecule has 0 amide bonds. The van der Waals surface area contributed by atoms with Crippen LogP contribution in [0.1, 0.15) is 28.4 Å². The van der Waals surface area contributed by atoms with E-state index in [1.54, 1.807) is 11.3 Å². The molecular formula is C18H21F3N2O2S. The van der Waals surface area contributed by atoms with E-state index in [-0.39, 0.29) is 11.9 Å². The summed E-state index contributed by atoms with van der Waals surface area (Å²) in [6, 6.07) is 5.56. The predicted molar refractivity (Wildman–Crippen MR) is 93.6 cm³/mol. The van der Waals surface area contributed by atoms with Crippen molar-refractivity contribution in [2.75, 3.05) is 13.1 Å². The number of hydrogen-bond acceptors (Lipinski definition) is 5. The minimum atomic E-state index is -4.68. The molecule has 0 aliphatic carbocycles. The van der Waals surface area contributed by atoms with Crippen molar-refractivity contribution in [1.82, 2.24) is 9.88 Å². The number of ether oxygens (including phenoxy) is 2. The van der Waals surface area contributed by atoms with E-state index in [1.165, 1.54) is 29.1 Å². The van der Waals surface area contributed by atoms with Gasteiger partial charge in [-0.05, 0) is 51.0 Å². The van der Waals surface area contributed by atoms with E-state index in [0.717, 1.165) is 43.2 Å². The number of nitrogens with zero attached hydrogens (tertiary/aromatic N) is 2. The highest BCUT2D eigenvalue weighted by Crippen LogP contribution is 2.27. The minimum absolute atomic E-state index is 0.0740. The number of piperidine rings is 1. The molecule has 26 heavy (non-hydrogen) atoms. The molecule has 1 fully saturated rings. The summed E-state index contributed by atoms with van der Waals surface area (Å²) in [6.07, 6.45) is -2.83. The molecule has 0 bridgehead atoms. The zero-order chi connectivity index (χ0) is 18.7. The maximum absolute atomic E-state index is 12.2. The van der Waals surface area contributed by atoms with Gasteiger partial charge >= 0.3 is 6.36 Å². The monoisotopic (exact) mass is 386 g/mol. The summed E-state index contributed by atoms with van der Waals surface area (Å²) < 4.78 is 46.3. The van der Waals surface area contributed by atoms with Gasteiger partial charge in [-0.2, -0.15) is 0 Å². The zero-order valence-electron chi connectivity index (χ0n) is 14.7. The molecule has 0 spiro atoms. The van der Waals surface area contributed by atoms with Crippen LogP contribution in [0.3, 0.4) is 0 Å². The Bertz CT molecular complexity index is 723. The molecule has 0 unspecified atom stereocenters. The summed E-state index contributed by atoms with van der Waals surface area (Å²) in [6.45, 7) is 6.83. The summed E-state index contributed by atoms with van der Waals surface area (Å²) >= 11 is 1.74. The first kappa shape index (κ1) is 19.0. The molecule has 0 radical (unpaired) electrons. The van der Waals surface area contributed by atoms with Gasteiger partial charge in [0.1, 0.15) is 17.6 Å². The van der Waals surface area contributed by atoms with Gasteiger partial charge in [-0.25, -0.2) is 4.98 Å². The van der Waals surface area contributed by atoms with Crippen LogP contribution in [0.25, 0.3) is 0 Å². The lowest BCUT2D eigenvalue weighted by Gasteiger charge is -2.32. The molecule has 0 N–H and O–H groups in total. The van der Waals surface area contributed by atoms with Crippen molar-refractivity contribution in [3.8, 4) is 11.5 Å². The fourth-order valence-corrected chi connectivity index (χ4v) is 4.00. The fraction of sp³-hybridized carbons (Fsp3) is 0.500. The van der Waals surface area contributed by atoms with Crippen LogP contribution < -0.4 is 9.47 Å². The van der Waals surface area contributed by atoms with Gasteiger partial charge in [-0.3, -0.25) is 4.90 Å². The Hall–Kier alpha value is -1.80. The molecule has 1 saturated heterocycles. The first-order chi connectivity index (χ1) is 12.3. The fourth-order valence-electron chi connectivity index (χ4n) is 3.02. The Kier molecular flexibility index (Phi) is 5.72. The zero-order valence-corrected chi connectivity index (χ0v) is 15.5. The largest absolute Gasteiger partial charge is 0.573 e. The van der Waals surface area contributed by atoms with Crippen LogP contribution in [0.4, 0.5) is 13.2 Å². The number of thiazole rings is 1. The van der Waals surface area contributed by atoms with Gasteiger partial charge in [0.25, 0.3) is 0 Å². The van der Waals surface area contributed by atoms with E-state index in [9.17, 15) is 13.2 Å². The van der Waals surface area contributed by atoms with Crippen LogP contribution >= 0.6 is 11.3 Å². The summed E-state index contributed by atoms with van der Waals surface area (Å²) in [7, 11) is 0. The van der Waals surface area contributed by atoms with Crippen LogP contribution in [0.15, 0.2) is 24.3 Å².